The Morgan fingerprint density at radius 2 is 2.00 bits per heavy atom. The molecular weight excluding hydrogens is 190 g/mol. The van der Waals surface area contributed by atoms with Crippen molar-refractivity contribution in [2.45, 2.75) is 50.7 Å². The highest BCUT2D eigenvalue weighted by atomic mass is 16.5. The third-order valence-electron chi connectivity index (χ3n) is 3.74. The molecule has 15 heavy (non-hydrogen) atoms. The van der Waals surface area contributed by atoms with Crippen molar-refractivity contribution in [1.82, 2.24) is 4.90 Å². The first-order valence-electron chi connectivity index (χ1n) is 6.36. The summed E-state index contributed by atoms with van der Waals surface area (Å²) in [6.07, 6.45) is 8.12. The van der Waals surface area contributed by atoms with Crippen LogP contribution in [0.2, 0.25) is 0 Å². The van der Waals surface area contributed by atoms with Crippen molar-refractivity contribution in [3.8, 4) is 0 Å². The van der Waals surface area contributed by atoms with Crippen LogP contribution in [0, 0.1) is 0 Å². The van der Waals surface area contributed by atoms with Gasteiger partial charge in [0.05, 0.1) is 12.7 Å². The van der Waals surface area contributed by atoms with Gasteiger partial charge in [0.25, 0.3) is 0 Å². The molecule has 1 heterocycles. The lowest BCUT2D eigenvalue weighted by Crippen LogP contribution is -2.43. The average molecular weight is 213 g/mol. The summed E-state index contributed by atoms with van der Waals surface area (Å²) >= 11 is 0. The maximum absolute atomic E-state index is 9.02. The van der Waals surface area contributed by atoms with Crippen molar-refractivity contribution in [3.63, 3.8) is 0 Å². The van der Waals surface area contributed by atoms with Crippen molar-refractivity contribution in [3.05, 3.63) is 0 Å². The van der Waals surface area contributed by atoms with Crippen LogP contribution >= 0.6 is 0 Å². The molecule has 1 aliphatic heterocycles. The molecule has 1 aliphatic carbocycles. The average Bonchev–Trinajstić information content (AvgIpc) is 2.64. The zero-order valence-electron chi connectivity index (χ0n) is 9.53. The summed E-state index contributed by atoms with van der Waals surface area (Å²) in [6, 6.07) is 0.749. The van der Waals surface area contributed by atoms with E-state index < -0.39 is 0 Å². The number of nitrogens with zero attached hydrogens (tertiary/aromatic N) is 1. The summed E-state index contributed by atoms with van der Waals surface area (Å²) in [5.74, 6) is 0. The van der Waals surface area contributed by atoms with Crippen molar-refractivity contribution in [2.24, 2.45) is 0 Å². The quantitative estimate of drug-likeness (QED) is 0.724. The molecule has 0 amide bonds. The molecule has 3 nitrogen and oxygen atoms in total. The van der Waals surface area contributed by atoms with Gasteiger partial charge in [0.1, 0.15) is 0 Å². The Morgan fingerprint density at radius 3 is 2.53 bits per heavy atom. The Hall–Kier alpha value is -0.120. The van der Waals surface area contributed by atoms with Crippen molar-refractivity contribution in [2.75, 3.05) is 26.3 Å². The van der Waals surface area contributed by atoms with Gasteiger partial charge in [-0.25, -0.2) is 0 Å². The number of hydrogen-bond donors (Lipinski definition) is 1. The number of aliphatic hydroxyl groups is 1. The second-order valence-electron chi connectivity index (χ2n) is 4.77. The van der Waals surface area contributed by atoms with E-state index in [1.54, 1.807) is 0 Å². The summed E-state index contributed by atoms with van der Waals surface area (Å²) in [5, 5.41) is 9.02. The second kappa shape index (κ2) is 5.83. The predicted octanol–water partition coefficient (Wildman–Crippen LogP) is 1.40. The molecule has 2 aliphatic rings. The molecule has 0 spiro atoms. The monoisotopic (exact) mass is 213 g/mol. The zero-order chi connectivity index (χ0) is 10.5. The molecule has 0 aromatic rings. The Bertz CT molecular complexity index is 176. The number of hydrogen-bond acceptors (Lipinski definition) is 3. The van der Waals surface area contributed by atoms with E-state index in [0.29, 0.717) is 12.7 Å². The minimum atomic E-state index is 0.294. The van der Waals surface area contributed by atoms with E-state index in [-0.39, 0.29) is 0 Å². The van der Waals surface area contributed by atoms with Gasteiger partial charge in [0, 0.05) is 25.7 Å². The van der Waals surface area contributed by atoms with Gasteiger partial charge in [-0.15, -0.1) is 0 Å². The molecular formula is C12H23NO2. The highest BCUT2D eigenvalue weighted by Crippen LogP contribution is 2.25. The lowest BCUT2D eigenvalue weighted by Gasteiger charge is -2.37. The van der Waals surface area contributed by atoms with Gasteiger partial charge in [-0.1, -0.05) is 6.42 Å². The Morgan fingerprint density at radius 1 is 1.13 bits per heavy atom. The van der Waals surface area contributed by atoms with E-state index in [0.717, 1.165) is 32.2 Å². The minimum Gasteiger partial charge on any atom is -0.395 e. The van der Waals surface area contributed by atoms with Crippen LogP contribution in [0.5, 0.6) is 0 Å². The van der Waals surface area contributed by atoms with Crippen LogP contribution in [0.3, 0.4) is 0 Å². The topological polar surface area (TPSA) is 32.7 Å². The predicted molar refractivity (Wildman–Crippen MR) is 59.9 cm³/mol. The summed E-state index contributed by atoms with van der Waals surface area (Å²) in [4.78, 5) is 2.45. The van der Waals surface area contributed by atoms with E-state index in [1.807, 2.05) is 0 Å². The fourth-order valence-electron chi connectivity index (χ4n) is 2.54. The SMILES string of the molecule is OCCN(CCC1CCCO1)C1CCC1. The largest absolute Gasteiger partial charge is 0.395 e. The van der Waals surface area contributed by atoms with Crippen LogP contribution in [0.15, 0.2) is 0 Å². The maximum Gasteiger partial charge on any atom is 0.0588 e. The first kappa shape index (κ1) is 11.4. The standard InChI is InChI=1S/C12H23NO2/c14-9-8-13(11-3-1-4-11)7-6-12-5-2-10-15-12/h11-12,14H,1-10H2. The van der Waals surface area contributed by atoms with Gasteiger partial charge in [-0.3, -0.25) is 4.90 Å². The normalized spacial score (nSPS) is 27.2. The fourth-order valence-corrected chi connectivity index (χ4v) is 2.54. The number of rotatable bonds is 6. The fraction of sp³-hybridized carbons (Fsp3) is 1.00. The van der Waals surface area contributed by atoms with E-state index in [9.17, 15) is 0 Å². The van der Waals surface area contributed by atoms with Crippen molar-refractivity contribution in [1.29, 1.82) is 0 Å². The molecule has 1 saturated heterocycles. The van der Waals surface area contributed by atoms with Crippen molar-refractivity contribution >= 4 is 0 Å². The molecule has 0 aromatic carbocycles. The molecule has 1 unspecified atom stereocenters. The van der Waals surface area contributed by atoms with E-state index in [2.05, 4.69) is 4.90 Å². The lowest BCUT2D eigenvalue weighted by atomic mass is 9.91. The van der Waals surface area contributed by atoms with Crippen LogP contribution in [-0.4, -0.2) is 48.5 Å². The second-order valence-corrected chi connectivity index (χ2v) is 4.77. The zero-order valence-corrected chi connectivity index (χ0v) is 9.53. The number of aliphatic hydroxyl groups excluding tert-OH is 1. The van der Waals surface area contributed by atoms with Gasteiger partial charge in [-0.05, 0) is 32.1 Å². The highest BCUT2D eigenvalue weighted by Gasteiger charge is 2.25. The molecule has 0 aromatic heterocycles. The molecule has 1 saturated carbocycles. The minimum absolute atomic E-state index is 0.294. The third-order valence-corrected chi connectivity index (χ3v) is 3.74. The summed E-state index contributed by atoms with van der Waals surface area (Å²) in [6.45, 7) is 3.20. The van der Waals surface area contributed by atoms with Crippen LogP contribution in [-0.2, 0) is 4.74 Å². The summed E-state index contributed by atoms with van der Waals surface area (Å²) in [7, 11) is 0. The van der Waals surface area contributed by atoms with Gasteiger partial charge >= 0.3 is 0 Å². The van der Waals surface area contributed by atoms with Gasteiger partial charge in [0.2, 0.25) is 0 Å². The molecule has 1 atom stereocenters. The first-order valence-corrected chi connectivity index (χ1v) is 6.36. The smallest absolute Gasteiger partial charge is 0.0588 e. The molecule has 0 radical (unpaired) electrons. The molecule has 0 bridgehead atoms. The number of ether oxygens (including phenoxy) is 1. The Kier molecular flexibility index (Phi) is 4.42. The highest BCUT2D eigenvalue weighted by molar-refractivity contribution is 4.80. The van der Waals surface area contributed by atoms with Gasteiger partial charge in [-0.2, -0.15) is 0 Å². The maximum atomic E-state index is 9.02. The first-order chi connectivity index (χ1) is 7.40. The molecule has 1 N–H and O–H groups in total. The van der Waals surface area contributed by atoms with Crippen molar-refractivity contribution < 1.29 is 9.84 Å². The molecule has 2 fully saturated rings. The molecule has 2 rings (SSSR count). The summed E-state index contributed by atoms with van der Waals surface area (Å²) < 4.78 is 5.62. The van der Waals surface area contributed by atoms with Crippen LogP contribution in [0.4, 0.5) is 0 Å². The van der Waals surface area contributed by atoms with Gasteiger partial charge in [0.15, 0.2) is 0 Å². The van der Waals surface area contributed by atoms with E-state index in [1.165, 1.54) is 32.1 Å². The Balaban J connectivity index is 1.68. The van der Waals surface area contributed by atoms with Crippen LogP contribution in [0.1, 0.15) is 38.5 Å². The van der Waals surface area contributed by atoms with Gasteiger partial charge < -0.3 is 9.84 Å². The van der Waals surface area contributed by atoms with E-state index in [4.69, 9.17) is 9.84 Å². The Labute approximate surface area is 92.4 Å². The van der Waals surface area contributed by atoms with E-state index >= 15 is 0 Å². The molecule has 3 heteroatoms. The van der Waals surface area contributed by atoms with Crippen LogP contribution < -0.4 is 0 Å². The molecule has 88 valence electrons. The van der Waals surface area contributed by atoms with Crippen LogP contribution in [0.25, 0.3) is 0 Å². The third kappa shape index (κ3) is 3.16. The lowest BCUT2D eigenvalue weighted by molar-refractivity contribution is 0.0611. The summed E-state index contributed by atoms with van der Waals surface area (Å²) in [5.41, 5.74) is 0.